The molecule has 0 aliphatic rings. The van der Waals surface area contributed by atoms with Crippen molar-refractivity contribution in [2.75, 3.05) is 33.8 Å². The Balaban J connectivity index is 2.28. The number of ether oxygens (including phenoxy) is 1. The van der Waals surface area contributed by atoms with E-state index >= 15 is 0 Å². The fraction of sp³-hybridized carbons (Fsp3) is 0.533. The third-order valence-electron chi connectivity index (χ3n) is 2.81. The minimum atomic E-state index is -0.0698. The molecule has 1 rings (SSSR count). The first-order valence-corrected chi connectivity index (χ1v) is 6.60. The van der Waals surface area contributed by atoms with Crippen LogP contribution in [0.15, 0.2) is 18.2 Å². The highest BCUT2D eigenvalue weighted by Crippen LogP contribution is 2.18. The van der Waals surface area contributed by atoms with Crippen LogP contribution in [-0.4, -0.2) is 44.6 Å². The molecule has 1 aromatic rings. The highest BCUT2D eigenvalue weighted by atomic mass is 16.5. The van der Waals surface area contributed by atoms with Gasteiger partial charge in [-0.25, -0.2) is 0 Å². The summed E-state index contributed by atoms with van der Waals surface area (Å²) in [6.07, 6.45) is 0.947. The summed E-state index contributed by atoms with van der Waals surface area (Å²) >= 11 is 0. The van der Waals surface area contributed by atoms with E-state index in [9.17, 15) is 4.79 Å². The molecule has 0 aliphatic carbocycles. The van der Waals surface area contributed by atoms with Crippen LogP contribution in [0.5, 0.6) is 5.75 Å². The number of carbonyl (C=O) groups is 1. The minimum absolute atomic E-state index is 0.0698. The van der Waals surface area contributed by atoms with Crippen molar-refractivity contribution in [3.8, 4) is 5.75 Å². The Kier molecular flexibility index (Phi) is 6.36. The van der Waals surface area contributed by atoms with Crippen LogP contribution >= 0.6 is 0 Å². The van der Waals surface area contributed by atoms with Gasteiger partial charge < -0.3 is 15.0 Å². The molecule has 1 aromatic carbocycles. The summed E-state index contributed by atoms with van der Waals surface area (Å²) in [7, 11) is 4.04. The second kappa shape index (κ2) is 7.79. The number of hydrogen-bond donors (Lipinski definition) is 1. The third kappa shape index (κ3) is 6.25. The molecule has 0 aliphatic heterocycles. The van der Waals surface area contributed by atoms with E-state index in [1.807, 2.05) is 46.1 Å². The first-order chi connectivity index (χ1) is 8.99. The number of aryl methyl sites for hydroxylation is 2. The van der Waals surface area contributed by atoms with Crippen molar-refractivity contribution in [3.05, 3.63) is 29.3 Å². The number of nitrogens with zero attached hydrogens (tertiary/aromatic N) is 1. The monoisotopic (exact) mass is 264 g/mol. The van der Waals surface area contributed by atoms with Crippen molar-refractivity contribution in [1.82, 2.24) is 10.2 Å². The molecule has 4 nitrogen and oxygen atoms in total. The van der Waals surface area contributed by atoms with Gasteiger partial charge in [-0.15, -0.1) is 0 Å². The highest BCUT2D eigenvalue weighted by Gasteiger charge is 2.04. The lowest BCUT2D eigenvalue weighted by atomic mass is 10.1. The largest absolute Gasteiger partial charge is 0.483 e. The van der Waals surface area contributed by atoms with Crippen molar-refractivity contribution >= 4 is 5.91 Å². The molecule has 0 fully saturated rings. The van der Waals surface area contributed by atoms with E-state index in [1.165, 1.54) is 0 Å². The van der Waals surface area contributed by atoms with Gasteiger partial charge in [0.15, 0.2) is 6.61 Å². The predicted molar refractivity (Wildman–Crippen MR) is 77.6 cm³/mol. The van der Waals surface area contributed by atoms with Crippen LogP contribution in [0.1, 0.15) is 17.5 Å². The molecule has 0 atom stereocenters. The molecule has 0 radical (unpaired) electrons. The maximum absolute atomic E-state index is 11.6. The standard InChI is InChI=1S/C15H24N2O2/c1-12-6-7-13(2)14(10-12)19-11-15(18)16-8-5-9-17(3)4/h6-7,10H,5,8-9,11H2,1-4H3,(H,16,18). The quantitative estimate of drug-likeness (QED) is 0.763. The molecule has 1 amide bonds. The van der Waals surface area contributed by atoms with Crippen LogP contribution in [0.25, 0.3) is 0 Å². The van der Waals surface area contributed by atoms with Gasteiger partial charge in [0.05, 0.1) is 0 Å². The molecule has 0 saturated heterocycles. The average molecular weight is 264 g/mol. The number of carbonyl (C=O) groups excluding carboxylic acids is 1. The van der Waals surface area contributed by atoms with Crippen LogP contribution in [0.3, 0.4) is 0 Å². The number of rotatable bonds is 7. The van der Waals surface area contributed by atoms with Gasteiger partial charge in [0, 0.05) is 6.54 Å². The van der Waals surface area contributed by atoms with E-state index in [0.29, 0.717) is 6.54 Å². The second-order valence-corrected chi connectivity index (χ2v) is 5.06. The van der Waals surface area contributed by atoms with E-state index in [2.05, 4.69) is 10.2 Å². The van der Waals surface area contributed by atoms with Crippen LogP contribution in [-0.2, 0) is 4.79 Å². The highest BCUT2D eigenvalue weighted by molar-refractivity contribution is 5.77. The van der Waals surface area contributed by atoms with Gasteiger partial charge in [0.25, 0.3) is 5.91 Å². The first kappa shape index (κ1) is 15.5. The molecule has 0 bridgehead atoms. The van der Waals surface area contributed by atoms with Crippen LogP contribution in [0.2, 0.25) is 0 Å². The smallest absolute Gasteiger partial charge is 0.257 e. The van der Waals surface area contributed by atoms with Gasteiger partial charge in [-0.1, -0.05) is 12.1 Å². The summed E-state index contributed by atoms with van der Waals surface area (Å²) in [4.78, 5) is 13.7. The van der Waals surface area contributed by atoms with Gasteiger partial charge in [-0.05, 0) is 58.1 Å². The lowest BCUT2D eigenvalue weighted by Crippen LogP contribution is -2.31. The van der Waals surface area contributed by atoms with Crippen molar-refractivity contribution in [2.45, 2.75) is 20.3 Å². The van der Waals surface area contributed by atoms with E-state index < -0.39 is 0 Å². The van der Waals surface area contributed by atoms with Crippen LogP contribution in [0, 0.1) is 13.8 Å². The van der Waals surface area contributed by atoms with Crippen molar-refractivity contribution < 1.29 is 9.53 Å². The third-order valence-corrected chi connectivity index (χ3v) is 2.81. The Bertz CT molecular complexity index is 417. The topological polar surface area (TPSA) is 41.6 Å². The molecule has 0 heterocycles. The lowest BCUT2D eigenvalue weighted by Gasteiger charge is -2.11. The number of amides is 1. The van der Waals surface area contributed by atoms with Gasteiger partial charge >= 0.3 is 0 Å². The SMILES string of the molecule is Cc1ccc(C)c(OCC(=O)NCCCN(C)C)c1. The summed E-state index contributed by atoms with van der Waals surface area (Å²) in [6.45, 7) is 5.72. The van der Waals surface area contributed by atoms with E-state index in [4.69, 9.17) is 4.74 Å². The molecular weight excluding hydrogens is 240 g/mol. The number of benzene rings is 1. The number of nitrogens with one attached hydrogen (secondary N) is 1. The van der Waals surface area contributed by atoms with E-state index in [1.54, 1.807) is 0 Å². The van der Waals surface area contributed by atoms with E-state index in [0.717, 1.165) is 29.8 Å². The Morgan fingerprint density at radius 3 is 2.74 bits per heavy atom. The van der Waals surface area contributed by atoms with Gasteiger partial charge in [-0.2, -0.15) is 0 Å². The Labute approximate surface area is 115 Å². The Hall–Kier alpha value is -1.55. The first-order valence-electron chi connectivity index (χ1n) is 6.60. The van der Waals surface area contributed by atoms with Crippen molar-refractivity contribution in [3.63, 3.8) is 0 Å². The zero-order valence-electron chi connectivity index (χ0n) is 12.3. The minimum Gasteiger partial charge on any atom is -0.483 e. The summed E-state index contributed by atoms with van der Waals surface area (Å²) in [5.41, 5.74) is 2.18. The molecule has 1 N–H and O–H groups in total. The molecule has 106 valence electrons. The molecule has 0 unspecified atom stereocenters. The zero-order valence-corrected chi connectivity index (χ0v) is 12.3. The Morgan fingerprint density at radius 1 is 1.32 bits per heavy atom. The fourth-order valence-corrected chi connectivity index (χ4v) is 1.68. The number of hydrogen-bond acceptors (Lipinski definition) is 3. The summed E-state index contributed by atoms with van der Waals surface area (Å²) in [5, 5.41) is 2.85. The van der Waals surface area contributed by atoms with Gasteiger partial charge in [0.2, 0.25) is 0 Å². The normalized spacial score (nSPS) is 10.6. The zero-order chi connectivity index (χ0) is 14.3. The fourth-order valence-electron chi connectivity index (χ4n) is 1.68. The van der Waals surface area contributed by atoms with Crippen LogP contribution in [0.4, 0.5) is 0 Å². The molecule has 0 aromatic heterocycles. The molecule has 0 spiro atoms. The molecule has 0 saturated carbocycles. The Morgan fingerprint density at radius 2 is 2.05 bits per heavy atom. The van der Waals surface area contributed by atoms with Crippen molar-refractivity contribution in [2.24, 2.45) is 0 Å². The summed E-state index contributed by atoms with van der Waals surface area (Å²) < 4.78 is 5.54. The van der Waals surface area contributed by atoms with Gasteiger partial charge in [-0.3, -0.25) is 4.79 Å². The maximum atomic E-state index is 11.6. The maximum Gasteiger partial charge on any atom is 0.257 e. The summed E-state index contributed by atoms with van der Waals surface area (Å²) in [6, 6.07) is 5.98. The van der Waals surface area contributed by atoms with Gasteiger partial charge in [0.1, 0.15) is 5.75 Å². The molecular formula is C15H24N2O2. The molecule has 19 heavy (non-hydrogen) atoms. The summed E-state index contributed by atoms with van der Waals surface area (Å²) in [5.74, 6) is 0.711. The molecule has 4 heteroatoms. The predicted octanol–water partition coefficient (Wildman–Crippen LogP) is 1.75. The average Bonchev–Trinajstić information content (AvgIpc) is 2.35. The lowest BCUT2D eigenvalue weighted by molar-refractivity contribution is -0.123. The van der Waals surface area contributed by atoms with E-state index in [-0.39, 0.29) is 12.5 Å². The van der Waals surface area contributed by atoms with Crippen LogP contribution < -0.4 is 10.1 Å². The van der Waals surface area contributed by atoms with Crippen molar-refractivity contribution in [1.29, 1.82) is 0 Å². The second-order valence-electron chi connectivity index (χ2n) is 5.06.